The van der Waals surface area contributed by atoms with Crippen molar-refractivity contribution in [2.75, 3.05) is 31.4 Å². The first kappa shape index (κ1) is 36.2. The average Bonchev–Trinajstić information content (AvgIpc) is 3.00. The highest BCUT2D eigenvalue weighted by Gasteiger charge is 2.39. The van der Waals surface area contributed by atoms with Crippen LogP contribution in [0, 0.1) is 17.0 Å². The molecule has 4 aromatic rings. The number of rotatable bonds is 11. The van der Waals surface area contributed by atoms with Crippen LogP contribution in [0.4, 0.5) is 31.7 Å². The second-order valence-corrected chi connectivity index (χ2v) is 18.4. The van der Waals surface area contributed by atoms with Crippen LogP contribution in [0.1, 0.15) is 62.7 Å². The maximum Gasteiger partial charge on any atom is 0.283 e. The van der Waals surface area contributed by atoms with Crippen molar-refractivity contribution in [1.29, 1.82) is 0 Å². The number of hydrogen-bond donors (Lipinski definition) is 1. The van der Waals surface area contributed by atoms with Gasteiger partial charge in [0.25, 0.3) is 12.1 Å². The van der Waals surface area contributed by atoms with E-state index in [2.05, 4.69) is 49.1 Å². The lowest BCUT2D eigenvalue weighted by molar-refractivity contribution is -0.387. The zero-order chi connectivity index (χ0) is 35.7. The van der Waals surface area contributed by atoms with Gasteiger partial charge in [-0.25, -0.2) is 18.7 Å². The molecule has 1 atom stereocenters. The maximum absolute atomic E-state index is 13.7. The number of para-hydroxylation sites is 1. The van der Waals surface area contributed by atoms with Gasteiger partial charge in [0.1, 0.15) is 17.4 Å². The summed E-state index contributed by atoms with van der Waals surface area (Å²) < 4.78 is 34.0. The van der Waals surface area contributed by atoms with E-state index in [4.69, 9.17) is 4.43 Å². The number of benzene rings is 3. The number of carbonyl (C=O) groups is 1. The Balaban J connectivity index is 1.75. The Morgan fingerprint density at radius 2 is 1.65 bits per heavy atom. The molecule has 1 heterocycles. The zero-order valence-corrected chi connectivity index (χ0v) is 30.2. The molecule has 0 radical (unpaired) electrons. The summed E-state index contributed by atoms with van der Waals surface area (Å²) in [6, 6.07) is 14.7. The molecule has 3 aromatic carbocycles. The van der Waals surface area contributed by atoms with Gasteiger partial charge in [-0.15, -0.1) is 0 Å². The normalized spacial score (nSPS) is 12.6. The number of nitro benzene ring substituents is 1. The van der Waals surface area contributed by atoms with E-state index in [1.54, 1.807) is 32.8 Å². The van der Waals surface area contributed by atoms with E-state index in [0.29, 0.717) is 28.3 Å². The summed E-state index contributed by atoms with van der Waals surface area (Å²) in [4.78, 5) is 36.6. The van der Waals surface area contributed by atoms with E-state index in [-0.39, 0.29) is 22.9 Å². The van der Waals surface area contributed by atoms with E-state index in [0.717, 1.165) is 23.0 Å². The Hall–Kier alpha value is -4.65. The lowest BCUT2D eigenvalue weighted by Gasteiger charge is -2.37. The number of nitro groups is 1. The second-order valence-electron chi connectivity index (χ2n) is 13.7. The summed E-state index contributed by atoms with van der Waals surface area (Å²) in [5.74, 6) is 1.54. The highest BCUT2D eigenvalue weighted by molar-refractivity contribution is 6.74. The van der Waals surface area contributed by atoms with Crippen LogP contribution in [0.2, 0.25) is 18.1 Å². The van der Waals surface area contributed by atoms with Crippen molar-refractivity contribution in [3.05, 3.63) is 87.2 Å². The molecule has 1 N–H and O–H groups in total. The van der Waals surface area contributed by atoms with E-state index >= 15 is 0 Å². The first-order valence-electron chi connectivity index (χ1n) is 15.7. The highest BCUT2D eigenvalue weighted by atomic mass is 28.4. The molecule has 1 amide bonds. The number of halogens is 2. The topological polar surface area (TPSA) is 114 Å². The first-order valence-corrected chi connectivity index (χ1v) is 18.6. The Morgan fingerprint density at radius 3 is 2.25 bits per heavy atom. The molecule has 0 spiro atoms. The molecule has 0 bridgehead atoms. The third-order valence-electron chi connectivity index (χ3n) is 8.96. The van der Waals surface area contributed by atoms with Crippen molar-refractivity contribution >= 4 is 48.0 Å². The van der Waals surface area contributed by atoms with Crippen LogP contribution in [-0.2, 0) is 11.2 Å². The second kappa shape index (κ2) is 13.8. The third kappa shape index (κ3) is 7.72. The summed E-state index contributed by atoms with van der Waals surface area (Å²) in [6.45, 7) is 14.3. The quantitative estimate of drug-likeness (QED) is 0.0952. The molecular weight excluding hydrogens is 635 g/mol. The van der Waals surface area contributed by atoms with Gasteiger partial charge in [-0.05, 0) is 74.4 Å². The van der Waals surface area contributed by atoms with Gasteiger partial charge >= 0.3 is 0 Å². The monoisotopic (exact) mass is 678 g/mol. The Bertz CT molecular complexity index is 1840. The van der Waals surface area contributed by atoms with Crippen LogP contribution in [-0.4, -0.2) is 55.2 Å². The van der Waals surface area contributed by atoms with Crippen molar-refractivity contribution in [2.45, 2.75) is 71.6 Å². The zero-order valence-electron chi connectivity index (χ0n) is 29.2. The number of nitrogens with zero attached hydrogens (tertiary/aromatic N) is 5. The summed E-state index contributed by atoms with van der Waals surface area (Å²) >= 11 is 0. The molecule has 4 rings (SSSR count). The van der Waals surface area contributed by atoms with Crippen molar-refractivity contribution in [2.24, 2.45) is 0 Å². The minimum Gasteiger partial charge on any atom is -0.543 e. The predicted octanol–water partition coefficient (Wildman–Crippen LogP) is 8.74. The molecular formula is C35H44F2N6O4Si. The molecule has 1 unspecified atom stereocenters. The number of aryl methyl sites for hydroxylation is 1. The van der Waals surface area contributed by atoms with E-state index in [9.17, 15) is 23.7 Å². The van der Waals surface area contributed by atoms with Crippen molar-refractivity contribution in [3.63, 3.8) is 0 Å². The van der Waals surface area contributed by atoms with Crippen molar-refractivity contribution in [3.8, 4) is 5.75 Å². The number of aromatic nitrogens is 2. The fraction of sp³-hybridized carbons (Fsp3) is 0.400. The summed E-state index contributed by atoms with van der Waals surface area (Å²) in [7, 11) is 3.17. The predicted molar refractivity (Wildman–Crippen MR) is 189 cm³/mol. The molecule has 0 aliphatic rings. The molecule has 0 saturated heterocycles. The summed E-state index contributed by atoms with van der Waals surface area (Å²) in [5.41, 5.74) is 1.91. The highest BCUT2D eigenvalue weighted by Crippen LogP contribution is 2.40. The van der Waals surface area contributed by atoms with Gasteiger partial charge in [0.2, 0.25) is 14.2 Å². The van der Waals surface area contributed by atoms with E-state index in [1.165, 1.54) is 12.1 Å². The Kier molecular flexibility index (Phi) is 10.4. The van der Waals surface area contributed by atoms with Gasteiger partial charge in [0.05, 0.1) is 34.0 Å². The number of fused-ring (bicyclic) bond motifs is 1. The Morgan fingerprint density at radius 1 is 1.02 bits per heavy atom. The van der Waals surface area contributed by atoms with E-state index < -0.39 is 37.0 Å². The standard InChI is InChI=1S/C35H44F2N6O4Si/c1-21(26-12-11-13-27(33(36)37)32(26)43(45)46)38-34-28-20-25(14-16-29(28)39-22(2)40-34)42(8)24-15-17-30(47-48(9,10)35(3,4)5)23(18-24)19-31(44)41(6)7/h11-18,20-21,33H,19H2,1-10H3,(H,38,39,40). The Labute approximate surface area is 281 Å². The van der Waals surface area contributed by atoms with Gasteiger partial charge in [0.15, 0.2) is 0 Å². The molecule has 1 aromatic heterocycles. The maximum atomic E-state index is 13.7. The van der Waals surface area contributed by atoms with Gasteiger partial charge in [-0.3, -0.25) is 14.9 Å². The lowest BCUT2D eigenvalue weighted by Crippen LogP contribution is -2.44. The minimum absolute atomic E-state index is 0.0311. The number of carbonyl (C=O) groups excluding carboxylic acids is 1. The number of nitrogens with one attached hydrogen (secondary N) is 1. The lowest BCUT2D eigenvalue weighted by atomic mass is 10.0. The molecule has 0 fully saturated rings. The molecule has 0 saturated carbocycles. The van der Waals surface area contributed by atoms with Gasteiger partial charge < -0.3 is 19.5 Å². The number of amides is 1. The smallest absolute Gasteiger partial charge is 0.283 e. The molecule has 0 aliphatic heterocycles. The number of alkyl halides is 2. The van der Waals surface area contributed by atoms with Crippen LogP contribution in [0.3, 0.4) is 0 Å². The largest absolute Gasteiger partial charge is 0.543 e. The van der Waals surface area contributed by atoms with Gasteiger partial charge in [-0.1, -0.05) is 32.9 Å². The molecule has 256 valence electrons. The van der Waals surface area contributed by atoms with Gasteiger partial charge in [-0.2, -0.15) is 0 Å². The summed E-state index contributed by atoms with van der Waals surface area (Å²) in [6.07, 6.45) is -2.82. The van der Waals surface area contributed by atoms with Crippen LogP contribution in [0.15, 0.2) is 54.6 Å². The third-order valence-corrected chi connectivity index (χ3v) is 13.3. The van der Waals surface area contributed by atoms with Crippen LogP contribution in [0.5, 0.6) is 5.75 Å². The van der Waals surface area contributed by atoms with Gasteiger partial charge in [0, 0.05) is 43.5 Å². The average molecular weight is 679 g/mol. The SMILES string of the molecule is Cc1nc(NC(C)c2cccc(C(F)F)c2[N+](=O)[O-])c2cc(N(C)c3ccc(O[Si](C)(C)C(C)(C)C)c(CC(=O)N(C)C)c3)ccc2n1. The summed E-state index contributed by atoms with van der Waals surface area (Å²) in [5, 5.41) is 15.7. The van der Waals surface area contributed by atoms with Crippen molar-refractivity contribution < 1.29 is 22.9 Å². The minimum atomic E-state index is -2.99. The molecule has 13 heteroatoms. The molecule has 48 heavy (non-hydrogen) atoms. The number of anilines is 3. The van der Waals surface area contributed by atoms with Crippen LogP contribution in [0.25, 0.3) is 10.9 Å². The van der Waals surface area contributed by atoms with Crippen LogP contribution >= 0.6 is 0 Å². The van der Waals surface area contributed by atoms with Crippen LogP contribution < -0.4 is 14.6 Å². The fourth-order valence-corrected chi connectivity index (χ4v) is 6.12. The van der Waals surface area contributed by atoms with Crippen molar-refractivity contribution in [1.82, 2.24) is 14.9 Å². The number of hydrogen-bond acceptors (Lipinski definition) is 8. The fourth-order valence-electron chi connectivity index (χ4n) is 5.06. The molecule has 10 nitrogen and oxygen atoms in total. The first-order chi connectivity index (χ1) is 22.3. The molecule has 0 aliphatic carbocycles. The number of likely N-dealkylation sites (N-methyl/N-ethyl adjacent to an activating group) is 1. The van der Waals surface area contributed by atoms with E-state index in [1.807, 2.05) is 48.3 Å².